The molecule has 0 bridgehead atoms. The van der Waals surface area contributed by atoms with Crippen molar-refractivity contribution in [2.45, 2.75) is 0 Å². The van der Waals surface area contributed by atoms with Crippen molar-refractivity contribution in [3.63, 3.8) is 0 Å². The average molecular weight is 189 g/mol. The summed E-state index contributed by atoms with van der Waals surface area (Å²) in [7, 11) is 0. The summed E-state index contributed by atoms with van der Waals surface area (Å²) in [6.45, 7) is 0. The highest BCUT2D eigenvalue weighted by Crippen LogP contribution is 2.05. The van der Waals surface area contributed by atoms with Crippen LogP contribution in [0.25, 0.3) is 11.7 Å². The second-order valence-corrected chi connectivity index (χ2v) is 2.73. The number of pyridine rings is 1. The van der Waals surface area contributed by atoms with E-state index in [2.05, 4.69) is 4.98 Å². The van der Waals surface area contributed by atoms with Crippen molar-refractivity contribution in [1.29, 1.82) is 0 Å². The summed E-state index contributed by atoms with van der Waals surface area (Å²) in [4.78, 5) is 13.7. The fourth-order valence-electron chi connectivity index (χ4n) is 1.17. The van der Waals surface area contributed by atoms with Gasteiger partial charge in [-0.1, -0.05) is 6.07 Å². The highest BCUT2D eigenvalue weighted by Gasteiger charge is 1.97. The van der Waals surface area contributed by atoms with Crippen LogP contribution in [0.3, 0.4) is 0 Å². The van der Waals surface area contributed by atoms with Gasteiger partial charge in [0.05, 0.1) is 10.6 Å². The smallest absolute Gasteiger partial charge is 0.236 e. The maximum absolute atomic E-state index is 10.1. The van der Waals surface area contributed by atoms with Crippen LogP contribution < -0.4 is 0 Å². The first kappa shape index (κ1) is 8.43. The van der Waals surface area contributed by atoms with Crippen molar-refractivity contribution in [2.24, 2.45) is 0 Å². The molecule has 0 atom stereocenters. The molecular formula is C9H7N3O2. The van der Waals surface area contributed by atoms with E-state index < -0.39 is 4.92 Å². The van der Waals surface area contributed by atoms with Gasteiger partial charge >= 0.3 is 0 Å². The van der Waals surface area contributed by atoms with Crippen molar-refractivity contribution in [1.82, 2.24) is 9.38 Å². The summed E-state index contributed by atoms with van der Waals surface area (Å²) < 4.78 is 1.81. The lowest BCUT2D eigenvalue weighted by Gasteiger charge is -1.86. The molecule has 0 aliphatic rings. The molecule has 2 aromatic heterocycles. The second-order valence-electron chi connectivity index (χ2n) is 2.73. The zero-order chi connectivity index (χ0) is 9.97. The Balaban J connectivity index is 2.40. The monoisotopic (exact) mass is 189 g/mol. The predicted octanol–water partition coefficient (Wildman–Crippen LogP) is 1.58. The van der Waals surface area contributed by atoms with Gasteiger partial charge in [-0.2, -0.15) is 0 Å². The van der Waals surface area contributed by atoms with Gasteiger partial charge in [0, 0.05) is 18.5 Å². The van der Waals surface area contributed by atoms with E-state index in [4.69, 9.17) is 0 Å². The molecule has 0 spiro atoms. The SMILES string of the molecule is O=[N+]([O-])C=Cc1cn2ccccc2n1. The molecule has 14 heavy (non-hydrogen) atoms. The lowest BCUT2D eigenvalue weighted by Crippen LogP contribution is -1.81. The third-order valence-corrected chi connectivity index (χ3v) is 1.75. The minimum atomic E-state index is -0.510. The summed E-state index contributed by atoms with van der Waals surface area (Å²) >= 11 is 0. The molecule has 0 aliphatic carbocycles. The first-order valence-electron chi connectivity index (χ1n) is 4.01. The Morgan fingerprint density at radius 1 is 1.50 bits per heavy atom. The molecule has 5 nitrogen and oxygen atoms in total. The lowest BCUT2D eigenvalue weighted by molar-refractivity contribution is -0.401. The van der Waals surface area contributed by atoms with Gasteiger partial charge in [0.25, 0.3) is 0 Å². The molecule has 5 heteroatoms. The number of imidazole rings is 1. The molecule has 0 saturated carbocycles. The summed E-state index contributed by atoms with van der Waals surface area (Å²) in [6.07, 6.45) is 5.82. The summed E-state index contributed by atoms with van der Waals surface area (Å²) in [5.41, 5.74) is 1.35. The molecule has 0 fully saturated rings. The second kappa shape index (κ2) is 3.29. The van der Waals surface area contributed by atoms with E-state index in [0.717, 1.165) is 11.8 Å². The maximum Gasteiger partial charge on any atom is 0.236 e. The maximum atomic E-state index is 10.1. The van der Waals surface area contributed by atoms with Crippen LogP contribution in [-0.4, -0.2) is 14.3 Å². The van der Waals surface area contributed by atoms with Gasteiger partial charge in [0.1, 0.15) is 5.65 Å². The van der Waals surface area contributed by atoms with Gasteiger partial charge in [0.2, 0.25) is 6.20 Å². The molecule has 0 aliphatic heterocycles. The number of rotatable bonds is 2. The molecule has 0 saturated heterocycles. The van der Waals surface area contributed by atoms with Crippen LogP contribution in [0.2, 0.25) is 0 Å². The van der Waals surface area contributed by atoms with Crippen molar-refractivity contribution in [3.05, 3.63) is 52.6 Å². The number of nitrogens with zero attached hydrogens (tertiary/aromatic N) is 3. The van der Waals surface area contributed by atoms with Gasteiger partial charge < -0.3 is 4.40 Å². The molecule has 0 amide bonds. The summed E-state index contributed by atoms with van der Waals surface area (Å²) in [5, 5.41) is 10.1. The molecule has 2 rings (SSSR count). The van der Waals surface area contributed by atoms with Crippen molar-refractivity contribution in [3.8, 4) is 0 Å². The van der Waals surface area contributed by atoms with Crippen LogP contribution in [0.5, 0.6) is 0 Å². The van der Waals surface area contributed by atoms with Gasteiger partial charge in [-0.15, -0.1) is 0 Å². The largest absolute Gasteiger partial charge is 0.306 e. The normalized spacial score (nSPS) is 11.1. The Labute approximate surface area is 79.5 Å². The summed E-state index contributed by atoms with van der Waals surface area (Å²) in [6, 6.07) is 5.57. The van der Waals surface area contributed by atoms with Crippen LogP contribution in [-0.2, 0) is 0 Å². The minimum absolute atomic E-state index is 0.510. The van der Waals surface area contributed by atoms with E-state index in [1.807, 2.05) is 24.4 Å². The molecule has 0 unspecified atom stereocenters. The van der Waals surface area contributed by atoms with Crippen LogP contribution in [0.4, 0.5) is 0 Å². The first-order chi connectivity index (χ1) is 6.75. The van der Waals surface area contributed by atoms with Crippen LogP contribution >= 0.6 is 0 Å². The number of aromatic nitrogens is 2. The van der Waals surface area contributed by atoms with Crippen LogP contribution in [0.1, 0.15) is 5.69 Å². The third-order valence-electron chi connectivity index (χ3n) is 1.75. The van der Waals surface area contributed by atoms with Gasteiger partial charge in [-0.25, -0.2) is 4.98 Å². The van der Waals surface area contributed by atoms with E-state index in [1.165, 1.54) is 6.08 Å². The van der Waals surface area contributed by atoms with Gasteiger partial charge in [0.15, 0.2) is 0 Å². The molecular weight excluding hydrogens is 182 g/mol. The molecule has 0 N–H and O–H groups in total. The Kier molecular flexibility index (Phi) is 1.98. The Morgan fingerprint density at radius 2 is 2.36 bits per heavy atom. The van der Waals surface area contributed by atoms with Crippen LogP contribution in [0.15, 0.2) is 36.8 Å². The number of nitro groups is 1. The third kappa shape index (κ3) is 1.61. The van der Waals surface area contributed by atoms with E-state index in [1.54, 1.807) is 10.6 Å². The van der Waals surface area contributed by atoms with E-state index in [9.17, 15) is 10.1 Å². The predicted molar refractivity (Wildman–Crippen MR) is 51.2 cm³/mol. The Morgan fingerprint density at radius 3 is 3.07 bits per heavy atom. The highest BCUT2D eigenvalue weighted by atomic mass is 16.6. The number of hydrogen-bond acceptors (Lipinski definition) is 3. The minimum Gasteiger partial charge on any atom is -0.306 e. The van der Waals surface area contributed by atoms with E-state index >= 15 is 0 Å². The van der Waals surface area contributed by atoms with Gasteiger partial charge in [-0.05, 0) is 12.1 Å². The number of fused-ring (bicyclic) bond motifs is 1. The fourth-order valence-corrected chi connectivity index (χ4v) is 1.17. The molecule has 2 aromatic rings. The zero-order valence-corrected chi connectivity index (χ0v) is 7.20. The quantitative estimate of drug-likeness (QED) is 0.532. The van der Waals surface area contributed by atoms with Crippen molar-refractivity contribution in [2.75, 3.05) is 0 Å². The molecule has 2 heterocycles. The Bertz CT molecular complexity index is 468. The zero-order valence-electron chi connectivity index (χ0n) is 7.20. The Hall–Kier alpha value is -2.17. The lowest BCUT2D eigenvalue weighted by atomic mass is 10.5. The molecule has 70 valence electrons. The van der Waals surface area contributed by atoms with E-state index in [-0.39, 0.29) is 0 Å². The molecule has 0 radical (unpaired) electrons. The fraction of sp³-hybridized carbons (Fsp3) is 0. The summed E-state index contributed by atoms with van der Waals surface area (Å²) in [5.74, 6) is 0. The standard InChI is InChI=1S/C9H7N3O2/c13-12(14)6-4-8-7-11-5-2-1-3-9(11)10-8/h1-7H. The first-order valence-corrected chi connectivity index (χ1v) is 4.01. The van der Waals surface area contributed by atoms with Crippen molar-refractivity contribution < 1.29 is 4.92 Å². The van der Waals surface area contributed by atoms with Crippen LogP contribution in [0, 0.1) is 10.1 Å². The topological polar surface area (TPSA) is 60.4 Å². The highest BCUT2D eigenvalue weighted by molar-refractivity contribution is 5.50. The van der Waals surface area contributed by atoms with E-state index in [0.29, 0.717) is 5.69 Å². The number of hydrogen-bond donors (Lipinski definition) is 0. The molecule has 0 aromatic carbocycles. The average Bonchev–Trinajstić information content (AvgIpc) is 2.57. The van der Waals surface area contributed by atoms with Crippen molar-refractivity contribution >= 4 is 11.7 Å². The van der Waals surface area contributed by atoms with Gasteiger partial charge in [-0.3, -0.25) is 10.1 Å².